The van der Waals surface area contributed by atoms with Crippen LogP contribution < -0.4 is 0 Å². The molecule has 0 spiro atoms. The van der Waals surface area contributed by atoms with Crippen LogP contribution in [0.1, 0.15) is 11.1 Å². The summed E-state index contributed by atoms with van der Waals surface area (Å²) >= 11 is 0. The minimum absolute atomic E-state index is 0.225. The number of halogens is 1. The fraction of sp³-hybridized carbons (Fsp3) is 0. The molecule has 0 atom stereocenters. The Kier molecular flexibility index (Phi) is 3.72. The lowest BCUT2D eigenvalue weighted by Crippen LogP contribution is -1.73. The van der Waals surface area contributed by atoms with Crippen LogP contribution in [0.15, 0.2) is 60.7 Å². The molecule has 0 nitrogen and oxygen atoms in total. The third kappa shape index (κ3) is 3.62. The zero-order valence-corrected chi connectivity index (χ0v) is 9.23. The van der Waals surface area contributed by atoms with Crippen molar-refractivity contribution in [2.45, 2.75) is 0 Å². The van der Waals surface area contributed by atoms with E-state index in [0.717, 1.165) is 11.1 Å². The molecule has 0 amide bonds. The Morgan fingerprint density at radius 3 is 2.29 bits per heavy atom. The molecule has 2 rings (SSSR count). The quantitative estimate of drug-likeness (QED) is 0.642. The van der Waals surface area contributed by atoms with Crippen molar-refractivity contribution in [2.24, 2.45) is 0 Å². The van der Waals surface area contributed by atoms with E-state index >= 15 is 0 Å². The van der Waals surface area contributed by atoms with Crippen molar-refractivity contribution < 1.29 is 4.39 Å². The Morgan fingerprint density at radius 2 is 1.59 bits per heavy atom. The van der Waals surface area contributed by atoms with Crippen molar-refractivity contribution in [1.82, 2.24) is 0 Å². The minimum Gasteiger partial charge on any atom is -0.207 e. The van der Waals surface area contributed by atoms with Gasteiger partial charge in [-0.25, -0.2) is 4.39 Å². The number of benzene rings is 2. The van der Waals surface area contributed by atoms with Gasteiger partial charge in [0.1, 0.15) is 5.82 Å². The van der Waals surface area contributed by atoms with E-state index in [1.807, 2.05) is 36.4 Å². The monoisotopic (exact) mass is 222 g/mol. The molecule has 2 aromatic rings. The number of hydrogen-bond acceptors (Lipinski definition) is 0. The maximum absolute atomic E-state index is 12.6. The van der Waals surface area contributed by atoms with Crippen LogP contribution in [0.25, 0.3) is 6.08 Å². The summed E-state index contributed by atoms with van der Waals surface area (Å²) in [7, 11) is 0. The van der Waals surface area contributed by atoms with Gasteiger partial charge in [0.15, 0.2) is 0 Å². The van der Waals surface area contributed by atoms with Crippen molar-refractivity contribution >= 4 is 6.08 Å². The van der Waals surface area contributed by atoms with Crippen LogP contribution in [-0.2, 0) is 0 Å². The van der Waals surface area contributed by atoms with Gasteiger partial charge in [0.2, 0.25) is 0 Å². The van der Waals surface area contributed by atoms with Crippen molar-refractivity contribution in [3.8, 4) is 11.8 Å². The van der Waals surface area contributed by atoms with Crippen LogP contribution in [0, 0.1) is 17.7 Å². The lowest BCUT2D eigenvalue weighted by atomic mass is 10.2. The first kappa shape index (κ1) is 11.2. The Labute approximate surface area is 100 Å². The molecule has 2 aromatic carbocycles. The molecule has 0 N–H and O–H groups in total. The van der Waals surface area contributed by atoms with Crippen LogP contribution in [-0.4, -0.2) is 0 Å². The first-order valence-electron chi connectivity index (χ1n) is 5.33. The van der Waals surface area contributed by atoms with E-state index in [2.05, 4.69) is 11.8 Å². The molecule has 1 heteroatoms. The molecule has 0 bridgehead atoms. The van der Waals surface area contributed by atoms with E-state index in [9.17, 15) is 4.39 Å². The fourth-order valence-corrected chi connectivity index (χ4v) is 1.36. The van der Waals surface area contributed by atoms with Crippen LogP contribution in [0.2, 0.25) is 0 Å². The first-order valence-corrected chi connectivity index (χ1v) is 5.33. The summed E-state index contributed by atoms with van der Waals surface area (Å²) in [6.45, 7) is 0. The summed E-state index contributed by atoms with van der Waals surface area (Å²) in [5.41, 5.74) is 1.92. The molecule has 0 heterocycles. The van der Waals surface area contributed by atoms with Crippen molar-refractivity contribution in [1.29, 1.82) is 0 Å². The third-order valence-corrected chi connectivity index (χ3v) is 2.22. The molecule has 0 unspecified atom stereocenters. The van der Waals surface area contributed by atoms with Crippen molar-refractivity contribution in [3.63, 3.8) is 0 Å². The fourth-order valence-electron chi connectivity index (χ4n) is 1.36. The zero-order valence-electron chi connectivity index (χ0n) is 9.23. The molecule has 0 saturated carbocycles. The molecule has 17 heavy (non-hydrogen) atoms. The first-order chi connectivity index (χ1) is 8.34. The summed E-state index contributed by atoms with van der Waals surface area (Å²) in [4.78, 5) is 0. The Bertz CT molecular complexity index is 554. The van der Waals surface area contributed by atoms with Gasteiger partial charge in [-0.1, -0.05) is 42.2 Å². The van der Waals surface area contributed by atoms with Gasteiger partial charge in [-0.2, -0.15) is 0 Å². The summed E-state index contributed by atoms with van der Waals surface area (Å²) in [5.74, 6) is 5.73. The predicted molar refractivity (Wildman–Crippen MR) is 68.8 cm³/mol. The average molecular weight is 222 g/mol. The molecule has 0 aromatic heterocycles. The van der Waals surface area contributed by atoms with Gasteiger partial charge in [0.05, 0.1) is 0 Å². The lowest BCUT2D eigenvalue weighted by Gasteiger charge is -1.90. The molecule has 0 fully saturated rings. The Morgan fingerprint density at radius 1 is 0.882 bits per heavy atom. The lowest BCUT2D eigenvalue weighted by molar-refractivity contribution is 0.628. The van der Waals surface area contributed by atoms with Crippen LogP contribution in [0.4, 0.5) is 4.39 Å². The predicted octanol–water partition coefficient (Wildman–Crippen LogP) is 3.89. The second kappa shape index (κ2) is 5.67. The van der Waals surface area contributed by atoms with Gasteiger partial charge in [0.25, 0.3) is 0 Å². The van der Waals surface area contributed by atoms with E-state index in [1.165, 1.54) is 12.1 Å². The van der Waals surface area contributed by atoms with Gasteiger partial charge in [-0.05, 0) is 42.0 Å². The minimum atomic E-state index is -0.225. The molecule has 0 saturated heterocycles. The highest BCUT2D eigenvalue weighted by Crippen LogP contribution is 2.04. The van der Waals surface area contributed by atoms with Gasteiger partial charge in [0, 0.05) is 5.56 Å². The Balaban J connectivity index is 2.03. The zero-order chi connectivity index (χ0) is 11.9. The summed E-state index contributed by atoms with van der Waals surface area (Å²) < 4.78 is 12.6. The standard InChI is InChI=1S/C16H11F/c17-16-12-10-15(11-13-16)9-5-4-8-14-6-2-1-3-7-14/h1-3,5-7,9-13H/b9-5-. The molecular formula is C16H11F. The molecule has 0 radical (unpaired) electrons. The Hall–Kier alpha value is -2.33. The van der Waals surface area contributed by atoms with Gasteiger partial charge < -0.3 is 0 Å². The number of hydrogen-bond donors (Lipinski definition) is 0. The van der Waals surface area contributed by atoms with E-state index in [0.29, 0.717) is 0 Å². The summed E-state index contributed by atoms with van der Waals surface area (Å²) in [5, 5.41) is 0. The molecule has 0 aliphatic rings. The third-order valence-electron chi connectivity index (χ3n) is 2.22. The van der Waals surface area contributed by atoms with Crippen LogP contribution in [0.3, 0.4) is 0 Å². The number of allylic oxidation sites excluding steroid dienone is 1. The number of rotatable bonds is 1. The van der Waals surface area contributed by atoms with E-state index in [4.69, 9.17) is 0 Å². The van der Waals surface area contributed by atoms with Gasteiger partial charge in [-0.3, -0.25) is 0 Å². The highest BCUT2D eigenvalue weighted by molar-refractivity contribution is 5.53. The average Bonchev–Trinajstić information content (AvgIpc) is 2.38. The maximum Gasteiger partial charge on any atom is 0.123 e. The van der Waals surface area contributed by atoms with E-state index in [1.54, 1.807) is 18.2 Å². The second-order valence-electron chi connectivity index (χ2n) is 3.52. The van der Waals surface area contributed by atoms with Gasteiger partial charge >= 0.3 is 0 Å². The van der Waals surface area contributed by atoms with Crippen molar-refractivity contribution in [2.75, 3.05) is 0 Å². The van der Waals surface area contributed by atoms with E-state index < -0.39 is 0 Å². The molecular weight excluding hydrogens is 211 g/mol. The SMILES string of the molecule is Fc1ccc(/C=C\C#Cc2ccccc2)cc1. The molecule has 0 aliphatic carbocycles. The normalized spacial score (nSPS) is 9.94. The maximum atomic E-state index is 12.6. The summed E-state index contributed by atoms with van der Waals surface area (Å²) in [6.07, 6.45) is 3.62. The van der Waals surface area contributed by atoms with E-state index in [-0.39, 0.29) is 5.82 Å². The molecule has 82 valence electrons. The highest BCUT2D eigenvalue weighted by Gasteiger charge is 1.87. The smallest absolute Gasteiger partial charge is 0.123 e. The van der Waals surface area contributed by atoms with Crippen LogP contribution >= 0.6 is 0 Å². The summed E-state index contributed by atoms with van der Waals surface area (Å²) in [6, 6.07) is 16.1. The topological polar surface area (TPSA) is 0 Å². The van der Waals surface area contributed by atoms with Gasteiger partial charge in [-0.15, -0.1) is 0 Å². The molecule has 0 aliphatic heterocycles. The second-order valence-corrected chi connectivity index (χ2v) is 3.52. The van der Waals surface area contributed by atoms with Crippen molar-refractivity contribution in [3.05, 3.63) is 77.6 Å². The largest absolute Gasteiger partial charge is 0.207 e. The van der Waals surface area contributed by atoms with Crippen LogP contribution in [0.5, 0.6) is 0 Å². The highest BCUT2D eigenvalue weighted by atomic mass is 19.1.